The topological polar surface area (TPSA) is 55.4 Å². The smallest absolute Gasteiger partial charge is 0.192 e. The minimum Gasteiger partial charge on any atom is -0.361 e. The van der Waals surface area contributed by atoms with E-state index in [2.05, 4.69) is 21.2 Å². The van der Waals surface area contributed by atoms with Crippen molar-refractivity contribution in [2.24, 2.45) is 0 Å². The first-order valence-corrected chi connectivity index (χ1v) is 8.99. The molecule has 0 aromatic heterocycles. The largest absolute Gasteiger partial charge is 0.361 e. The van der Waals surface area contributed by atoms with E-state index in [1.807, 2.05) is 0 Å². The van der Waals surface area contributed by atoms with Crippen molar-refractivity contribution in [1.29, 1.82) is 0 Å². The first-order valence-electron chi connectivity index (χ1n) is 8.19. The zero-order valence-corrected chi connectivity index (χ0v) is 15.5. The van der Waals surface area contributed by atoms with Crippen LogP contribution in [0, 0.1) is 5.82 Å². The van der Waals surface area contributed by atoms with Gasteiger partial charge >= 0.3 is 0 Å². The zero-order valence-electron chi connectivity index (χ0n) is 13.9. The highest BCUT2D eigenvalue weighted by molar-refractivity contribution is 9.10. The van der Waals surface area contributed by atoms with Gasteiger partial charge in [-0.25, -0.2) is 4.39 Å². The summed E-state index contributed by atoms with van der Waals surface area (Å²) in [6, 6.07) is 4.66. The van der Waals surface area contributed by atoms with Crippen LogP contribution < -0.4 is 5.32 Å². The highest BCUT2D eigenvalue weighted by Crippen LogP contribution is 2.46. The van der Waals surface area contributed by atoms with Crippen LogP contribution in [-0.4, -0.2) is 23.8 Å². The molecule has 0 amide bonds. The average molecular weight is 406 g/mol. The fourth-order valence-electron chi connectivity index (χ4n) is 3.76. The molecule has 1 aromatic carbocycles. The van der Waals surface area contributed by atoms with Gasteiger partial charge in [-0.2, -0.15) is 0 Å². The Morgan fingerprint density at radius 2 is 1.96 bits per heavy atom. The first-order chi connectivity index (χ1) is 11.8. The molecular formula is C19H17BrFNO3. The minimum absolute atomic E-state index is 0.0385. The van der Waals surface area contributed by atoms with Gasteiger partial charge in [0, 0.05) is 34.9 Å². The Bertz CT molecular complexity index is 885. The third-order valence-corrected chi connectivity index (χ3v) is 5.69. The summed E-state index contributed by atoms with van der Waals surface area (Å²) in [6.07, 6.45) is 1.05. The molecule has 6 heteroatoms. The third kappa shape index (κ3) is 2.50. The van der Waals surface area contributed by atoms with Crippen molar-refractivity contribution >= 4 is 27.5 Å². The van der Waals surface area contributed by atoms with Crippen LogP contribution in [0.4, 0.5) is 4.39 Å². The van der Waals surface area contributed by atoms with Gasteiger partial charge in [0.15, 0.2) is 11.6 Å². The van der Waals surface area contributed by atoms with Crippen LogP contribution in [0.25, 0.3) is 0 Å². The van der Waals surface area contributed by atoms with Crippen LogP contribution in [0.15, 0.2) is 45.2 Å². The summed E-state index contributed by atoms with van der Waals surface area (Å²) in [7, 11) is 0. The van der Waals surface area contributed by atoms with Gasteiger partial charge in [-0.3, -0.25) is 9.59 Å². The second-order valence-corrected chi connectivity index (χ2v) is 7.92. The molecule has 2 heterocycles. The minimum atomic E-state index is -0.949. The van der Waals surface area contributed by atoms with Gasteiger partial charge in [-0.05, 0) is 53.9 Å². The number of ketones is 2. The Morgan fingerprint density at radius 3 is 2.68 bits per heavy atom. The molecule has 1 N–H and O–H groups in total. The Balaban J connectivity index is 1.92. The molecule has 2 aliphatic heterocycles. The average Bonchev–Trinajstić information content (AvgIpc) is 2.93. The molecule has 1 atom stereocenters. The molecular weight excluding hydrogens is 389 g/mol. The monoisotopic (exact) mass is 405 g/mol. The maximum atomic E-state index is 13.7. The van der Waals surface area contributed by atoms with Crippen molar-refractivity contribution in [1.82, 2.24) is 5.32 Å². The molecule has 25 heavy (non-hydrogen) atoms. The number of allylic oxidation sites excluding steroid dienone is 2. The van der Waals surface area contributed by atoms with Crippen LogP contribution in [0.1, 0.15) is 38.2 Å². The molecule has 1 unspecified atom stereocenters. The van der Waals surface area contributed by atoms with Crippen LogP contribution >= 0.6 is 15.9 Å². The van der Waals surface area contributed by atoms with Gasteiger partial charge in [-0.15, -0.1) is 0 Å². The van der Waals surface area contributed by atoms with E-state index >= 15 is 0 Å². The molecule has 0 radical (unpaired) electrons. The number of hydrogen-bond donors (Lipinski definition) is 1. The number of halogens is 2. The maximum absolute atomic E-state index is 13.7. The number of benzene rings is 1. The number of hydrogen-bond acceptors (Lipinski definition) is 4. The van der Waals surface area contributed by atoms with Crippen LogP contribution in [-0.2, 0) is 14.3 Å². The summed E-state index contributed by atoms with van der Waals surface area (Å²) in [4.78, 5) is 25.6. The zero-order chi connectivity index (χ0) is 17.9. The first kappa shape index (κ1) is 16.7. The maximum Gasteiger partial charge on any atom is 0.192 e. The summed E-state index contributed by atoms with van der Waals surface area (Å²) in [5.41, 5.74) is 2.53. The Labute approximate surface area is 153 Å². The lowest BCUT2D eigenvalue weighted by Crippen LogP contribution is -2.46. The number of ether oxygens (including phenoxy) is 1. The van der Waals surface area contributed by atoms with Gasteiger partial charge in [0.2, 0.25) is 0 Å². The number of Topliss-reactive ketones (excluding diaryl/α,β-unsaturated/α-hetero) is 2. The lowest BCUT2D eigenvalue weighted by Gasteiger charge is -2.39. The highest BCUT2D eigenvalue weighted by atomic mass is 79.9. The van der Waals surface area contributed by atoms with E-state index in [1.165, 1.54) is 6.07 Å². The van der Waals surface area contributed by atoms with Gasteiger partial charge in [0.05, 0.1) is 11.1 Å². The lowest BCUT2D eigenvalue weighted by atomic mass is 9.75. The van der Waals surface area contributed by atoms with Crippen LogP contribution in [0.2, 0.25) is 0 Å². The van der Waals surface area contributed by atoms with E-state index in [0.29, 0.717) is 34.2 Å². The standard InChI is InChI=1S/C19H17BrFNO3/c1-19(2)18(24)17-13(8-25-19)22-12-5-6-14(23)16(12)15(17)9-3-4-11(21)10(20)7-9/h3-4,7,15,22H,5-6,8H2,1-2H3. The number of carbonyl (C=O) groups excluding carboxylic acids is 2. The number of rotatable bonds is 1. The number of dihydropyridines is 1. The molecule has 0 saturated heterocycles. The molecule has 4 nitrogen and oxygen atoms in total. The Kier molecular flexibility index (Phi) is 3.74. The molecule has 1 aliphatic carbocycles. The molecule has 0 fully saturated rings. The normalized spacial score (nSPS) is 25.0. The molecule has 0 saturated carbocycles. The molecule has 1 aromatic rings. The van der Waals surface area contributed by atoms with E-state index in [4.69, 9.17) is 4.74 Å². The summed E-state index contributed by atoms with van der Waals surface area (Å²) in [5.74, 6) is -0.958. The van der Waals surface area contributed by atoms with Gasteiger partial charge in [-0.1, -0.05) is 6.07 Å². The SMILES string of the molecule is CC1(C)OCC2=C(C1=O)C(c1ccc(F)c(Br)c1)C1=C(CCC1=O)N2. The molecule has 130 valence electrons. The van der Waals surface area contributed by atoms with Crippen molar-refractivity contribution in [2.45, 2.75) is 38.2 Å². The van der Waals surface area contributed by atoms with Gasteiger partial charge < -0.3 is 10.1 Å². The van der Waals surface area contributed by atoms with Crippen molar-refractivity contribution in [3.63, 3.8) is 0 Å². The molecule has 0 bridgehead atoms. The molecule has 4 rings (SSSR count). The summed E-state index contributed by atoms with van der Waals surface area (Å²) < 4.78 is 19.7. The third-order valence-electron chi connectivity index (χ3n) is 5.08. The van der Waals surface area contributed by atoms with E-state index in [9.17, 15) is 14.0 Å². The highest BCUT2D eigenvalue weighted by Gasteiger charge is 2.47. The van der Waals surface area contributed by atoms with E-state index in [0.717, 1.165) is 11.3 Å². The lowest BCUT2D eigenvalue weighted by molar-refractivity contribution is -0.138. The second-order valence-electron chi connectivity index (χ2n) is 7.07. The van der Waals surface area contributed by atoms with Crippen LogP contribution in [0.5, 0.6) is 0 Å². The van der Waals surface area contributed by atoms with Gasteiger partial charge in [0.25, 0.3) is 0 Å². The molecule has 0 spiro atoms. The summed E-state index contributed by atoms with van der Waals surface area (Å²) >= 11 is 3.21. The fraction of sp³-hybridized carbons (Fsp3) is 0.368. The van der Waals surface area contributed by atoms with Crippen molar-refractivity contribution in [3.8, 4) is 0 Å². The fourth-order valence-corrected chi connectivity index (χ4v) is 4.16. The summed E-state index contributed by atoms with van der Waals surface area (Å²) in [6.45, 7) is 3.76. The Morgan fingerprint density at radius 1 is 1.20 bits per heavy atom. The predicted octanol–water partition coefficient (Wildman–Crippen LogP) is 3.52. The van der Waals surface area contributed by atoms with E-state index in [-0.39, 0.29) is 24.0 Å². The van der Waals surface area contributed by atoms with Crippen LogP contribution in [0.3, 0.4) is 0 Å². The number of carbonyl (C=O) groups is 2. The van der Waals surface area contributed by atoms with E-state index in [1.54, 1.807) is 26.0 Å². The van der Waals surface area contributed by atoms with Crippen molar-refractivity contribution in [3.05, 3.63) is 56.6 Å². The molecule has 3 aliphatic rings. The number of nitrogens with one attached hydrogen (secondary N) is 1. The Hall–Kier alpha value is -1.79. The van der Waals surface area contributed by atoms with Gasteiger partial charge in [0.1, 0.15) is 11.4 Å². The predicted molar refractivity (Wildman–Crippen MR) is 93.3 cm³/mol. The second kappa shape index (κ2) is 5.61. The quantitative estimate of drug-likeness (QED) is 0.776. The van der Waals surface area contributed by atoms with E-state index < -0.39 is 11.5 Å². The summed E-state index contributed by atoms with van der Waals surface area (Å²) in [5, 5.41) is 3.25. The van der Waals surface area contributed by atoms with Crippen molar-refractivity contribution in [2.75, 3.05) is 6.61 Å². The van der Waals surface area contributed by atoms with Crippen molar-refractivity contribution < 1.29 is 18.7 Å².